The van der Waals surface area contributed by atoms with Crippen LogP contribution in [0.2, 0.25) is 0 Å². The van der Waals surface area contributed by atoms with Gasteiger partial charge in [0, 0.05) is 31.2 Å². The molecule has 0 aromatic heterocycles. The van der Waals surface area contributed by atoms with Gasteiger partial charge in [-0.15, -0.1) is 0 Å². The van der Waals surface area contributed by atoms with E-state index in [4.69, 9.17) is 0 Å². The monoisotopic (exact) mass is 251 g/mol. The zero-order chi connectivity index (χ0) is 12.4. The highest BCUT2D eigenvalue weighted by Crippen LogP contribution is 2.32. The Kier molecular flexibility index (Phi) is 3.92. The maximum atomic E-state index is 3.86. The number of nitrogens with zero attached hydrogens (tertiary/aromatic N) is 2. The molecule has 3 rings (SSSR count). The molecule has 0 amide bonds. The number of nitrogens with one attached hydrogen (secondary N) is 1. The molecule has 18 heavy (non-hydrogen) atoms. The fourth-order valence-corrected chi connectivity index (χ4v) is 4.22. The van der Waals surface area contributed by atoms with E-state index in [1.165, 1.54) is 77.7 Å². The Balaban J connectivity index is 1.59. The fourth-order valence-electron chi connectivity index (χ4n) is 4.22. The Morgan fingerprint density at radius 1 is 1.00 bits per heavy atom. The van der Waals surface area contributed by atoms with Gasteiger partial charge in [0.15, 0.2) is 0 Å². The van der Waals surface area contributed by atoms with Crippen molar-refractivity contribution in [2.45, 2.75) is 56.5 Å². The minimum absolute atomic E-state index is 0.486. The average Bonchev–Trinajstić information content (AvgIpc) is 2.40. The molecule has 104 valence electrons. The maximum absolute atomic E-state index is 3.86. The Morgan fingerprint density at radius 3 is 2.44 bits per heavy atom. The molecule has 0 aromatic rings. The molecule has 3 fully saturated rings. The van der Waals surface area contributed by atoms with Crippen molar-refractivity contribution in [3.8, 4) is 0 Å². The summed E-state index contributed by atoms with van der Waals surface area (Å²) in [6.07, 6.45) is 9.92. The standard InChI is InChI=1S/C15H29N3/c1-17-10-5-14(6-11-17)18-12-9-16-15(13-18)7-3-2-4-8-15/h14,16H,2-13H2,1H3. The van der Waals surface area contributed by atoms with Crippen molar-refractivity contribution in [2.75, 3.05) is 39.8 Å². The summed E-state index contributed by atoms with van der Waals surface area (Å²) >= 11 is 0. The van der Waals surface area contributed by atoms with E-state index in [0.29, 0.717) is 5.54 Å². The van der Waals surface area contributed by atoms with Gasteiger partial charge in [-0.1, -0.05) is 19.3 Å². The van der Waals surface area contributed by atoms with Crippen LogP contribution in [0.25, 0.3) is 0 Å². The van der Waals surface area contributed by atoms with Crippen LogP contribution in [0.5, 0.6) is 0 Å². The summed E-state index contributed by atoms with van der Waals surface area (Å²) in [6, 6.07) is 0.863. The highest BCUT2D eigenvalue weighted by atomic mass is 15.3. The van der Waals surface area contributed by atoms with E-state index in [1.807, 2.05) is 0 Å². The summed E-state index contributed by atoms with van der Waals surface area (Å²) in [6.45, 7) is 6.40. The van der Waals surface area contributed by atoms with E-state index >= 15 is 0 Å². The van der Waals surface area contributed by atoms with E-state index in [9.17, 15) is 0 Å². The van der Waals surface area contributed by atoms with E-state index in [-0.39, 0.29) is 0 Å². The molecule has 0 bridgehead atoms. The smallest absolute Gasteiger partial charge is 0.0309 e. The lowest BCUT2D eigenvalue weighted by Gasteiger charge is -2.49. The van der Waals surface area contributed by atoms with E-state index in [2.05, 4.69) is 22.2 Å². The van der Waals surface area contributed by atoms with Crippen LogP contribution in [0.3, 0.4) is 0 Å². The Labute approximate surface area is 112 Å². The second kappa shape index (κ2) is 5.48. The molecule has 3 aliphatic rings. The third-order valence-corrected chi connectivity index (χ3v) is 5.42. The largest absolute Gasteiger partial charge is 0.309 e. The lowest BCUT2D eigenvalue weighted by Crippen LogP contribution is -2.63. The van der Waals surface area contributed by atoms with E-state index in [0.717, 1.165) is 6.04 Å². The number of piperazine rings is 1. The van der Waals surface area contributed by atoms with Gasteiger partial charge in [-0.25, -0.2) is 0 Å². The maximum Gasteiger partial charge on any atom is 0.0309 e. The van der Waals surface area contributed by atoms with Gasteiger partial charge < -0.3 is 10.2 Å². The molecule has 3 nitrogen and oxygen atoms in total. The van der Waals surface area contributed by atoms with Gasteiger partial charge in [0.05, 0.1) is 0 Å². The molecule has 2 aliphatic heterocycles. The Bertz CT molecular complexity index is 259. The lowest BCUT2D eigenvalue weighted by atomic mass is 9.79. The van der Waals surface area contributed by atoms with E-state index < -0.39 is 0 Å². The highest BCUT2D eigenvalue weighted by molar-refractivity contribution is 4.98. The van der Waals surface area contributed by atoms with Gasteiger partial charge in [0.25, 0.3) is 0 Å². The second-order valence-corrected chi connectivity index (χ2v) is 6.77. The van der Waals surface area contributed by atoms with Crippen molar-refractivity contribution in [2.24, 2.45) is 0 Å². The van der Waals surface area contributed by atoms with Crippen molar-refractivity contribution in [3.05, 3.63) is 0 Å². The molecule has 1 N–H and O–H groups in total. The summed E-state index contributed by atoms with van der Waals surface area (Å²) < 4.78 is 0. The molecule has 2 heterocycles. The van der Waals surface area contributed by atoms with Crippen LogP contribution in [0.1, 0.15) is 44.9 Å². The van der Waals surface area contributed by atoms with Crippen LogP contribution in [-0.4, -0.2) is 61.2 Å². The SMILES string of the molecule is CN1CCC(N2CCNC3(CCCCC3)C2)CC1. The van der Waals surface area contributed by atoms with Crippen LogP contribution >= 0.6 is 0 Å². The van der Waals surface area contributed by atoms with Gasteiger partial charge >= 0.3 is 0 Å². The molecule has 3 heteroatoms. The first kappa shape index (κ1) is 12.9. The summed E-state index contributed by atoms with van der Waals surface area (Å²) in [5.41, 5.74) is 0.486. The first-order chi connectivity index (χ1) is 8.77. The number of hydrogen-bond acceptors (Lipinski definition) is 3. The first-order valence-corrected chi connectivity index (χ1v) is 7.95. The third-order valence-electron chi connectivity index (χ3n) is 5.42. The van der Waals surface area contributed by atoms with Crippen LogP contribution in [0.4, 0.5) is 0 Å². The van der Waals surface area contributed by atoms with Crippen molar-refractivity contribution < 1.29 is 0 Å². The fraction of sp³-hybridized carbons (Fsp3) is 1.00. The highest BCUT2D eigenvalue weighted by Gasteiger charge is 2.38. The summed E-state index contributed by atoms with van der Waals surface area (Å²) in [4.78, 5) is 5.30. The molecule has 0 atom stereocenters. The molecule has 1 aliphatic carbocycles. The topological polar surface area (TPSA) is 18.5 Å². The third kappa shape index (κ3) is 2.73. The minimum Gasteiger partial charge on any atom is -0.309 e. The van der Waals surface area contributed by atoms with Crippen molar-refractivity contribution in [1.29, 1.82) is 0 Å². The zero-order valence-electron chi connectivity index (χ0n) is 12.0. The molecule has 0 aromatic carbocycles. The Hall–Kier alpha value is -0.120. The minimum atomic E-state index is 0.486. The van der Waals surface area contributed by atoms with Crippen LogP contribution in [-0.2, 0) is 0 Å². The summed E-state index contributed by atoms with van der Waals surface area (Å²) in [7, 11) is 2.26. The van der Waals surface area contributed by atoms with E-state index in [1.54, 1.807) is 0 Å². The van der Waals surface area contributed by atoms with Crippen LogP contribution in [0.15, 0.2) is 0 Å². The van der Waals surface area contributed by atoms with Crippen LogP contribution in [0, 0.1) is 0 Å². The normalized spacial score (nSPS) is 31.8. The number of hydrogen-bond donors (Lipinski definition) is 1. The number of rotatable bonds is 1. The van der Waals surface area contributed by atoms with Gasteiger partial charge in [0.2, 0.25) is 0 Å². The van der Waals surface area contributed by atoms with Gasteiger partial charge in [0.1, 0.15) is 0 Å². The molecule has 1 spiro atoms. The summed E-state index contributed by atoms with van der Waals surface area (Å²) in [5, 5.41) is 3.86. The van der Waals surface area contributed by atoms with Gasteiger partial charge in [-0.3, -0.25) is 4.90 Å². The molecule has 0 unspecified atom stereocenters. The van der Waals surface area contributed by atoms with Crippen molar-refractivity contribution in [3.63, 3.8) is 0 Å². The predicted molar refractivity (Wildman–Crippen MR) is 75.9 cm³/mol. The molecular formula is C15H29N3. The zero-order valence-corrected chi connectivity index (χ0v) is 12.0. The first-order valence-electron chi connectivity index (χ1n) is 7.95. The Morgan fingerprint density at radius 2 is 1.72 bits per heavy atom. The lowest BCUT2D eigenvalue weighted by molar-refractivity contribution is 0.0433. The number of piperidine rings is 1. The van der Waals surface area contributed by atoms with Crippen LogP contribution < -0.4 is 5.32 Å². The molecular weight excluding hydrogens is 222 g/mol. The molecule has 1 saturated carbocycles. The second-order valence-electron chi connectivity index (χ2n) is 6.77. The molecule has 0 radical (unpaired) electrons. The number of likely N-dealkylation sites (tertiary alicyclic amines) is 1. The van der Waals surface area contributed by atoms with Gasteiger partial charge in [-0.05, 0) is 45.8 Å². The summed E-state index contributed by atoms with van der Waals surface area (Å²) in [5.74, 6) is 0. The molecule has 2 saturated heterocycles. The quantitative estimate of drug-likeness (QED) is 0.765. The van der Waals surface area contributed by atoms with Crippen molar-refractivity contribution >= 4 is 0 Å². The predicted octanol–water partition coefficient (Wildman–Crippen LogP) is 1.69. The van der Waals surface area contributed by atoms with Gasteiger partial charge in [-0.2, -0.15) is 0 Å². The van der Waals surface area contributed by atoms with Crippen molar-refractivity contribution in [1.82, 2.24) is 15.1 Å². The average molecular weight is 251 g/mol.